The first-order chi connectivity index (χ1) is 10.0. The van der Waals surface area contributed by atoms with E-state index in [4.69, 9.17) is 9.84 Å². The number of hydrogen-bond acceptors (Lipinski definition) is 3. The number of nitrogens with one attached hydrogen (secondary N) is 1. The minimum Gasteiger partial charge on any atom is -0.465 e. The van der Waals surface area contributed by atoms with E-state index >= 15 is 0 Å². The van der Waals surface area contributed by atoms with E-state index in [1.54, 1.807) is 0 Å². The zero-order valence-corrected chi connectivity index (χ0v) is 12.1. The number of piperidine rings is 1. The zero-order chi connectivity index (χ0) is 14.7. The number of rotatable bonds is 2. The van der Waals surface area contributed by atoms with E-state index in [2.05, 4.69) is 5.32 Å². The third kappa shape index (κ3) is 2.11. The van der Waals surface area contributed by atoms with Crippen molar-refractivity contribution in [3.63, 3.8) is 0 Å². The van der Waals surface area contributed by atoms with Crippen LogP contribution in [0.2, 0.25) is 0 Å². The summed E-state index contributed by atoms with van der Waals surface area (Å²) >= 11 is 0. The van der Waals surface area contributed by atoms with Gasteiger partial charge in [-0.3, -0.25) is 4.79 Å². The summed E-state index contributed by atoms with van der Waals surface area (Å²) in [5.74, 6) is 0.307. The maximum atomic E-state index is 12.3. The van der Waals surface area contributed by atoms with Crippen LogP contribution >= 0.6 is 0 Å². The van der Waals surface area contributed by atoms with Crippen molar-refractivity contribution in [3.05, 3.63) is 0 Å². The molecule has 0 unspecified atom stereocenters. The van der Waals surface area contributed by atoms with Gasteiger partial charge in [-0.1, -0.05) is 0 Å². The van der Waals surface area contributed by atoms with Gasteiger partial charge >= 0.3 is 6.09 Å². The molecule has 116 valence electrons. The van der Waals surface area contributed by atoms with Crippen LogP contribution in [0.4, 0.5) is 4.79 Å². The maximum absolute atomic E-state index is 12.3. The lowest BCUT2D eigenvalue weighted by Gasteiger charge is -2.53. The summed E-state index contributed by atoms with van der Waals surface area (Å²) in [5, 5.41) is 12.2. The molecule has 4 fully saturated rings. The van der Waals surface area contributed by atoms with Gasteiger partial charge in [0, 0.05) is 30.5 Å². The molecule has 2 spiro atoms. The van der Waals surface area contributed by atoms with E-state index in [0.717, 1.165) is 45.3 Å². The van der Waals surface area contributed by atoms with Gasteiger partial charge < -0.3 is 20.1 Å². The van der Waals surface area contributed by atoms with Crippen LogP contribution in [-0.2, 0) is 9.53 Å². The Bertz CT molecular complexity index is 472. The fraction of sp³-hybridized carbons (Fsp3) is 0.867. The Balaban J connectivity index is 1.25. The SMILES string of the molecule is O=C(NC1CC2(COC2)C1)[C@H]1CC12CCN(C(=O)O)CC2. The van der Waals surface area contributed by atoms with Gasteiger partial charge in [-0.25, -0.2) is 4.79 Å². The third-order valence-corrected chi connectivity index (χ3v) is 6.06. The van der Waals surface area contributed by atoms with Gasteiger partial charge in [-0.2, -0.15) is 0 Å². The topological polar surface area (TPSA) is 78.9 Å². The van der Waals surface area contributed by atoms with E-state index in [1.807, 2.05) is 0 Å². The van der Waals surface area contributed by atoms with Crippen LogP contribution in [0.1, 0.15) is 32.1 Å². The van der Waals surface area contributed by atoms with Gasteiger partial charge in [0.05, 0.1) is 13.2 Å². The summed E-state index contributed by atoms with van der Waals surface area (Å²) in [7, 11) is 0. The molecule has 0 aromatic rings. The van der Waals surface area contributed by atoms with Gasteiger partial charge in [0.2, 0.25) is 5.91 Å². The molecule has 0 bridgehead atoms. The van der Waals surface area contributed by atoms with Crippen LogP contribution in [-0.4, -0.2) is 54.4 Å². The summed E-state index contributed by atoms with van der Waals surface area (Å²) in [6, 6.07) is 0.332. The minimum absolute atomic E-state index is 0.0943. The van der Waals surface area contributed by atoms with E-state index in [-0.39, 0.29) is 17.2 Å². The lowest BCUT2D eigenvalue weighted by Crippen LogP contribution is -2.59. The molecule has 2 aliphatic heterocycles. The fourth-order valence-electron chi connectivity index (χ4n) is 4.43. The van der Waals surface area contributed by atoms with Gasteiger partial charge in [-0.15, -0.1) is 0 Å². The van der Waals surface area contributed by atoms with Gasteiger partial charge in [0.15, 0.2) is 0 Å². The molecule has 2 saturated heterocycles. The van der Waals surface area contributed by atoms with Crippen molar-refractivity contribution in [3.8, 4) is 0 Å². The van der Waals surface area contributed by atoms with Crippen molar-refractivity contribution in [2.75, 3.05) is 26.3 Å². The quantitative estimate of drug-likeness (QED) is 0.798. The largest absolute Gasteiger partial charge is 0.465 e. The highest BCUT2D eigenvalue weighted by Crippen LogP contribution is 2.59. The fourth-order valence-corrected chi connectivity index (χ4v) is 4.43. The molecule has 0 radical (unpaired) electrons. The Morgan fingerprint density at radius 2 is 1.81 bits per heavy atom. The molecule has 2 N–H and O–H groups in total. The molecule has 6 nitrogen and oxygen atoms in total. The minimum atomic E-state index is -0.839. The lowest BCUT2D eigenvalue weighted by atomic mass is 9.64. The average Bonchev–Trinajstić information content (AvgIpc) is 3.05. The van der Waals surface area contributed by atoms with E-state index in [0.29, 0.717) is 24.5 Å². The molecule has 6 heteroatoms. The number of ether oxygens (including phenoxy) is 1. The predicted molar refractivity (Wildman–Crippen MR) is 73.8 cm³/mol. The van der Waals surface area contributed by atoms with Crippen LogP contribution in [0.5, 0.6) is 0 Å². The molecule has 2 aliphatic carbocycles. The van der Waals surface area contributed by atoms with Gasteiger partial charge in [0.1, 0.15) is 0 Å². The highest BCUT2D eigenvalue weighted by atomic mass is 16.5. The Morgan fingerprint density at radius 3 is 2.33 bits per heavy atom. The van der Waals surface area contributed by atoms with Crippen molar-refractivity contribution in [2.45, 2.75) is 38.1 Å². The molecule has 2 amide bonds. The Morgan fingerprint density at radius 1 is 1.14 bits per heavy atom. The molecule has 2 saturated carbocycles. The summed E-state index contributed by atoms with van der Waals surface area (Å²) in [5.41, 5.74) is 0.475. The van der Waals surface area contributed by atoms with Crippen LogP contribution in [0.15, 0.2) is 0 Å². The number of amides is 2. The zero-order valence-electron chi connectivity index (χ0n) is 12.1. The summed E-state index contributed by atoms with van der Waals surface area (Å²) in [6.07, 6.45) is 3.89. The normalized spacial score (nSPS) is 32.4. The average molecular weight is 294 g/mol. The molecule has 0 aromatic carbocycles. The first-order valence-electron chi connectivity index (χ1n) is 7.88. The second kappa shape index (κ2) is 4.35. The van der Waals surface area contributed by atoms with E-state index in [1.165, 1.54) is 4.90 Å². The number of carboxylic acid groups (broad SMARTS) is 1. The molecule has 4 rings (SSSR count). The molecule has 1 atom stereocenters. The smallest absolute Gasteiger partial charge is 0.407 e. The second-order valence-electron chi connectivity index (χ2n) is 7.50. The van der Waals surface area contributed by atoms with Crippen molar-refractivity contribution < 1.29 is 19.4 Å². The number of carbonyl (C=O) groups is 2. The number of nitrogens with zero attached hydrogens (tertiary/aromatic N) is 1. The standard InChI is InChI=1S/C15H22N2O4/c18-12(16-10-5-14(6-10)8-21-9-14)11-7-15(11)1-3-17(4-2-15)13(19)20/h10-11H,1-9H2,(H,16,18)(H,19,20)/t11-/m1/s1. The summed E-state index contributed by atoms with van der Waals surface area (Å²) in [4.78, 5) is 24.7. The molecular formula is C15H22N2O4. The van der Waals surface area contributed by atoms with Crippen molar-refractivity contribution in [1.82, 2.24) is 10.2 Å². The highest BCUT2D eigenvalue weighted by Gasteiger charge is 2.59. The van der Waals surface area contributed by atoms with Crippen molar-refractivity contribution in [1.29, 1.82) is 0 Å². The molecule has 2 heterocycles. The van der Waals surface area contributed by atoms with E-state index in [9.17, 15) is 9.59 Å². The van der Waals surface area contributed by atoms with E-state index < -0.39 is 6.09 Å². The number of carbonyl (C=O) groups excluding carboxylic acids is 1. The number of likely N-dealkylation sites (tertiary alicyclic amines) is 1. The van der Waals surface area contributed by atoms with Crippen LogP contribution in [0.25, 0.3) is 0 Å². The third-order valence-electron chi connectivity index (χ3n) is 6.06. The van der Waals surface area contributed by atoms with Crippen LogP contribution in [0.3, 0.4) is 0 Å². The van der Waals surface area contributed by atoms with Gasteiger partial charge in [-0.05, 0) is 37.5 Å². The van der Waals surface area contributed by atoms with Crippen molar-refractivity contribution in [2.24, 2.45) is 16.7 Å². The lowest BCUT2D eigenvalue weighted by molar-refractivity contribution is -0.169. The monoisotopic (exact) mass is 294 g/mol. The number of hydrogen-bond donors (Lipinski definition) is 2. The molecule has 0 aromatic heterocycles. The maximum Gasteiger partial charge on any atom is 0.407 e. The predicted octanol–water partition coefficient (Wildman–Crippen LogP) is 1.06. The molecule has 21 heavy (non-hydrogen) atoms. The van der Waals surface area contributed by atoms with Crippen LogP contribution in [0, 0.1) is 16.7 Å². The molecule has 4 aliphatic rings. The first kappa shape index (κ1) is 13.4. The highest BCUT2D eigenvalue weighted by molar-refractivity contribution is 5.83. The Kier molecular flexibility index (Phi) is 2.77. The summed E-state index contributed by atoms with van der Waals surface area (Å²) in [6.45, 7) is 2.86. The molecular weight excluding hydrogens is 272 g/mol. The van der Waals surface area contributed by atoms with Crippen LogP contribution < -0.4 is 5.32 Å². The van der Waals surface area contributed by atoms with Crippen molar-refractivity contribution >= 4 is 12.0 Å². The first-order valence-corrected chi connectivity index (χ1v) is 7.88. The second-order valence-corrected chi connectivity index (χ2v) is 7.50. The summed E-state index contributed by atoms with van der Waals surface area (Å²) < 4.78 is 5.25. The Labute approximate surface area is 123 Å². The van der Waals surface area contributed by atoms with Gasteiger partial charge in [0.25, 0.3) is 0 Å². The Hall–Kier alpha value is -1.30.